The Bertz CT molecular complexity index is 1370. The fourth-order valence-corrected chi connectivity index (χ4v) is 3.46. The molecule has 0 aliphatic carbocycles. The van der Waals surface area contributed by atoms with E-state index in [1.54, 1.807) is 36.7 Å². The van der Waals surface area contributed by atoms with Crippen LogP contribution in [0.1, 0.15) is 32.9 Å². The van der Waals surface area contributed by atoms with Crippen LogP contribution in [0, 0.1) is 6.92 Å². The van der Waals surface area contributed by atoms with Crippen molar-refractivity contribution in [1.82, 2.24) is 9.97 Å². The number of aryl methyl sites for hydroxylation is 1. The quantitative estimate of drug-likeness (QED) is 0.268. The smallest absolute Gasteiger partial charge is 0.256 e. The molecule has 0 unspecified atom stereocenters. The summed E-state index contributed by atoms with van der Waals surface area (Å²) in [7, 11) is 0. The highest BCUT2D eigenvalue weighted by molar-refractivity contribution is 6.07. The number of carbonyl (C=O) groups excluding carboxylic acids is 2. The Kier molecular flexibility index (Phi) is 7.28. The van der Waals surface area contributed by atoms with Gasteiger partial charge in [0.05, 0.1) is 18.1 Å². The van der Waals surface area contributed by atoms with Crippen LogP contribution in [0.5, 0.6) is 0 Å². The van der Waals surface area contributed by atoms with Gasteiger partial charge in [-0.15, -0.1) is 0 Å². The van der Waals surface area contributed by atoms with Crippen molar-refractivity contribution < 1.29 is 9.59 Å². The van der Waals surface area contributed by atoms with Crippen LogP contribution in [0.4, 0.5) is 17.1 Å². The van der Waals surface area contributed by atoms with Crippen LogP contribution in [0.2, 0.25) is 0 Å². The first-order valence-electron chi connectivity index (χ1n) is 11.1. The highest BCUT2D eigenvalue weighted by Gasteiger charge is 2.12. The number of hydrogen-bond acceptors (Lipinski definition) is 5. The van der Waals surface area contributed by atoms with E-state index in [2.05, 4.69) is 20.6 Å². The van der Waals surface area contributed by atoms with Gasteiger partial charge in [0.1, 0.15) is 5.82 Å². The third-order valence-electron chi connectivity index (χ3n) is 5.25. The van der Waals surface area contributed by atoms with Crippen LogP contribution >= 0.6 is 0 Å². The summed E-state index contributed by atoms with van der Waals surface area (Å²) in [5.74, 6) is 0.0249. The summed E-state index contributed by atoms with van der Waals surface area (Å²) in [6, 6.07) is 22.3. The van der Waals surface area contributed by atoms with E-state index in [0.717, 1.165) is 16.7 Å². The molecule has 0 bridgehead atoms. The van der Waals surface area contributed by atoms with E-state index in [4.69, 9.17) is 5.73 Å². The van der Waals surface area contributed by atoms with Gasteiger partial charge in [0.15, 0.2) is 0 Å². The molecule has 3 aromatic carbocycles. The standard InChI is InChI=1S/C28H25N5O2/c1-19-10-12-23(32-27(34)13-11-20-6-3-2-4-7-20)16-25(19)28(35)33-24-17-30-26(31-18-24)15-21-8-5-9-22(29)14-21/h2-14,16-18H,15,29H2,1H3,(H,32,34)(H,33,35)/b13-11+. The van der Waals surface area contributed by atoms with Crippen molar-refractivity contribution in [1.29, 1.82) is 0 Å². The lowest BCUT2D eigenvalue weighted by molar-refractivity contribution is -0.111. The lowest BCUT2D eigenvalue weighted by Crippen LogP contribution is -2.15. The molecule has 2 amide bonds. The minimum atomic E-state index is -0.314. The third kappa shape index (κ3) is 6.61. The molecule has 0 spiro atoms. The molecule has 7 nitrogen and oxygen atoms in total. The lowest BCUT2D eigenvalue weighted by atomic mass is 10.1. The van der Waals surface area contributed by atoms with E-state index < -0.39 is 0 Å². The van der Waals surface area contributed by atoms with E-state index in [1.807, 2.05) is 61.5 Å². The number of hydrogen-bond donors (Lipinski definition) is 3. The van der Waals surface area contributed by atoms with Crippen molar-refractivity contribution in [2.75, 3.05) is 16.4 Å². The molecule has 0 aliphatic heterocycles. The highest BCUT2D eigenvalue weighted by Crippen LogP contribution is 2.18. The first-order valence-corrected chi connectivity index (χ1v) is 11.1. The van der Waals surface area contributed by atoms with Gasteiger partial charge >= 0.3 is 0 Å². The Morgan fingerprint density at radius 2 is 1.66 bits per heavy atom. The predicted octanol–water partition coefficient (Wildman–Crippen LogP) is 4.86. The molecule has 0 atom stereocenters. The molecule has 4 aromatic rings. The van der Waals surface area contributed by atoms with Crippen LogP contribution in [0.3, 0.4) is 0 Å². The Hall–Kier alpha value is -4.78. The lowest BCUT2D eigenvalue weighted by Gasteiger charge is -2.10. The molecule has 0 fully saturated rings. The monoisotopic (exact) mass is 463 g/mol. The SMILES string of the molecule is Cc1ccc(NC(=O)/C=C/c2ccccc2)cc1C(=O)Nc1cnc(Cc2cccc(N)c2)nc1. The van der Waals surface area contributed by atoms with Gasteiger partial charge < -0.3 is 16.4 Å². The maximum absolute atomic E-state index is 12.9. The van der Waals surface area contributed by atoms with Gasteiger partial charge in [0.2, 0.25) is 5.91 Å². The number of anilines is 3. The average Bonchev–Trinajstić information content (AvgIpc) is 2.86. The topological polar surface area (TPSA) is 110 Å². The zero-order chi connectivity index (χ0) is 24.6. The zero-order valence-electron chi connectivity index (χ0n) is 19.2. The number of nitrogens with two attached hydrogens (primary N) is 1. The molecule has 1 heterocycles. The van der Waals surface area contributed by atoms with Crippen molar-refractivity contribution in [2.45, 2.75) is 13.3 Å². The van der Waals surface area contributed by atoms with Gasteiger partial charge in [-0.2, -0.15) is 0 Å². The van der Waals surface area contributed by atoms with Crippen LogP contribution < -0.4 is 16.4 Å². The van der Waals surface area contributed by atoms with E-state index in [9.17, 15) is 9.59 Å². The number of aromatic nitrogens is 2. The van der Waals surface area contributed by atoms with E-state index in [0.29, 0.717) is 34.9 Å². The first-order chi connectivity index (χ1) is 17.0. The summed E-state index contributed by atoms with van der Waals surface area (Å²) in [6.45, 7) is 1.83. The first kappa shape index (κ1) is 23.4. The summed E-state index contributed by atoms with van der Waals surface area (Å²) in [5, 5.41) is 5.61. The van der Waals surface area contributed by atoms with Gasteiger partial charge in [0, 0.05) is 29.4 Å². The van der Waals surface area contributed by atoms with E-state index in [-0.39, 0.29) is 11.8 Å². The van der Waals surface area contributed by atoms with Crippen molar-refractivity contribution in [3.05, 3.63) is 119 Å². The molecule has 1 aromatic heterocycles. The number of rotatable bonds is 7. The fraction of sp³-hybridized carbons (Fsp3) is 0.0714. The minimum Gasteiger partial charge on any atom is -0.399 e. The number of nitrogen functional groups attached to an aromatic ring is 1. The Morgan fingerprint density at radius 3 is 2.40 bits per heavy atom. The summed E-state index contributed by atoms with van der Waals surface area (Å²) in [5.41, 5.74) is 10.7. The average molecular weight is 464 g/mol. The zero-order valence-corrected chi connectivity index (χ0v) is 19.2. The molecule has 4 rings (SSSR count). The second-order valence-electron chi connectivity index (χ2n) is 8.03. The Morgan fingerprint density at radius 1 is 0.886 bits per heavy atom. The van der Waals surface area contributed by atoms with Gasteiger partial charge in [-0.25, -0.2) is 9.97 Å². The third-order valence-corrected chi connectivity index (χ3v) is 5.25. The Balaban J connectivity index is 1.39. The second kappa shape index (κ2) is 10.9. The van der Waals surface area contributed by atoms with Crippen LogP contribution in [0.25, 0.3) is 6.08 Å². The van der Waals surface area contributed by atoms with Crippen molar-refractivity contribution in [3.8, 4) is 0 Å². The Labute approximate surface area is 203 Å². The molecule has 35 heavy (non-hydrogen) atoms. The van der Waals surface area contributed by atoms with E-state index in [1.165, 1.54) is 6.08 Å². The van der Waals surface area contributed by atoms with E-state index >= 15 is 0 Å². The summed E-state index contributed by atoms with van der Waals surface area (Å²) < 4.78 is 0. The van der Waals surface area contributed by atoms with Crippen molar-refractivity contribution in [2.24, 2.45) is 0 Å². The number of carbonyl (C=O) groups is 2. The summed E-state index contributed by atoms with van der Waals surface area (Å²) in [4.78, 5) is 33.9. The molecule has 0 saturated heterocycles. The molecule has 4 N–H and O–H groups in total. The number of amides is 2. The highest BCUT2D eigenvalue weighted by atomic mass is 16.2. The largest absolute Gasteiger partial charge is 0.399 e. The molecule has 0 radical (unpaired) electrons. The molecular formula is C28H25N5O2. The number of nitrogens with one attached hydrogen (secondary N) is 2. The molecule has 174 valence electrons. The predicted molar refractivity (Wildman–Crippen MR) is 139 cm³/mol. The van der Waals surface area contributed by atoms with Crippen LogP contribution in [-0.2, 0) is 11.2 Å². The second-order valence-corrected chi connectivity index (χ2v) is 8.03. The van der Waals surface area contributed by atoms with Crippen molar-refractivity contribution >= 4 is 35.0 Å². The molecule has 7 heteroatoms. The van der Waals surface area contributed by atoms with Gasteiger partial charge in [0.25, 0.3) is 5.91 Å². The maximum atomic E-state index is 12.9. The summed E-state index contributed by atoms with van der Waals surface area (Å²) in [6.07, 6.45) is 6.87. The van der Waals surface area contributed by atoms with Crippen LogP contribution in [0.15, 0.2) is 91.3 Å². The van der Waals surface area contributed by atoms with Gasteiger partial charge in [-0.3, -0.25) is 9.59 Å². The molecule has 0 aliphatic rings. The maximum Gasteiger partial charge on any atom is 0.256 e. The van der Waals surface area contributed by atoms with Gasteiger partial charge in [-0.05, 0) is 54.0 Å². The fourth-order valence-electron chi connectivity index (χ4n) is 3.46. The summed E-state index contributed by atoms with van der Waals surface area (Å²) >= 11 is 0. The normalized spacial score (nSPS) is 10.8. The minimum absolute atomic E-state index is 0.284. The molecule has 0 saturated carbocycles. The number of nitrogens with zero attached hydrogens (tertiary/aromatic N) is 2. The van der Waals surface area contributed by atoms with Crippen LogP contribution in [-0.4, -0.2) is 21.8 Å². The number of benzene rings is 3. The van der Waals surface area contributed by atoms with Crippen molar-refractivity contribution in [3.63, 3.8) is 0 Å². The molecular weight excluding hydrogens is 438 g/mol. The van der Waals surface area contributed by atoms with Gasteiger partial charge in [-0.1, -0.05) is 48.5 Å².